The van der Waals surface area contributed by atoms with Crippen LogP contribution in [-0.4, -0.2) is 11.9 Å². The van der Waals surface area contributed by atoms with Gasteiger partial charge in [-0.25, -0.2) is 0 Å². The highest BCUT2D eigenvalue weighted by molar-refractivity contribution is 6.04. The second kappa shape index (κ2) is 3.95. The number of Topliss-reactive ketones (excluding diaryl/α,β-unsaturated/α-hetero) is 1. The molecular formula is C17H14O2. The van der Waals surface area contributed by atoms with Crippen LogP contribution in [0.4, 0.5) is 0 Å². The Morgan fingerprint density at radius 1 is 1.00 bits per heavy atom. The Balaban J connectivity index is 1.87. The van der Waals surface area contributed by atoms with E-state index in [9.17, 15) is 4.79 Å². The molecule has 0 N–H and O–H groups in total. The molecular weight excluding hydrogens is 236 g/mol. The van der Waals surface area contributed by atoms with E-state index in [0.29, 0.717) is 0 Å². The van der Waals surface area contributed by atoms with Gasteiger partial charge in [0.25, 0.3) is 0 Å². The number of ketones is 1. The molecule has 1 aliphatic carbocycles. The largest absolute Gasteiger partial charge is 0.489 e. The summed E-state index contributed by atoms with van der Waals surface area (Å²) in [6, 6.07) is 15.8. The SMILES string of the molecule is O=C1c2ccccc2O[C@H]2CCc3ccccc3[C@H]12. The van der Waals surface area contributed by atoms with Crippen molar-refractivity contribution in [2.45, 2.75) is 24.9 Å². The van der Waals surface area contributed by atoms with E-state index in [1.165, 1.54) is 5.56 Å². The van der Waals surface area contributed by atoms with Gasteiger partial charge in [-0.3, -0.25) is 4.79 Å². The van der Waals surface area contributed by atoms with Gasteiger partial charge in [-0.05, 0) is 36.1 Å². The molecule has 1 heterocycles. The third-order valence-corrected chi connectivity index (χ3v) is 4.17. The highest BCUT2D eigenvalue weighted by atomic mass is 16.5. The zero-order valence-corrected chi connectivity index (χ0v) is 10.5. The van der Waals surface area contributed by atoms with E-state index in [2.05, 4.69) is 12.1 Å². The van der Waals surface area contributed by atoms with E-state index in [-0.39, 0.29) is 17.8 Å². The van der Waals surface area contributed by atoms with E-state index >= 15 is 0 Å². The molecule has 2 aromatic rings. The fourth-order valence-corrected chi connectivity index (χ4v) is 3.27. The average molecular weight is 250 g/mol. The van der Waals surface area contributed by atoms with Gasteiger partial charge in [-0.2, -0.15) is 0 Å². The summed E-state index contributed by atoms with van der Waals surface area (Å²) < 4.78 is 6.04. The molecule has 2 aromatic carbocycles. The maximum Gasteiger partial charge on any atom is 0.177 e. The summed E-state index contributed by atoms with van der Waals surface area (Å²) in [5, 5.41) is 0. The van der Waals surface area contributed by atoms with E-state index < -0.39 is 0 Å². The van der Waals surface area contributed by atoms with Crippen molar-refractivity contribution in [1.29, 1.82) is 0 Å². The van der Waals surface area contributed by atoms with Crippen molar-refractivity contribution >= 4 is 5.78 Å². The topological polar surface area (TPSA) is 26.3 Å². The maximum absolute atomic E-state index is 12.7. The number of rotatable bonds is 0. The van der Waals surface area contributed by atoms with Crippen molar-refractivity contribution in [2.24, 2.45) is 0 Å². The van der Waals surface area contributed by atoms with E-state index in [1.807, 2.05) is 36.4 Å². The number of aryl methyl sites for hydroxylation is 1. The summed E-state index contributed by atoms with van der Waals surface area (Å²) in [5.74, 6) is 0.826. The molecule has 19 heavy (non-hydrogen) atoms. The van der Waals surface area contributed by atoms with Crippen LogP contribution < -0.4 is 4.74 Å². The van der Waals surface area contributed by atoms with Crippen LogP contribution in [-0.2, 0) is 6.42 Å². The Kier molecular flexibility index (Phi) is 2.25. The quantitative estimate of drug-likeness (QED) is 0.716. The highest BCUT2D eigenvalue weighted by Crippen LogP contribution is 2.41. The molecule has 0 spiro atoms. The molecule has 2 nitrogen and oxygen atoms in total. The Morgan fingerprint density at radius 3 is 2.74 bits per heavy atom. The number of fused-ring (bicyclic) bond motifs is 4. The lowest BCUT2D eigenvalue weighted by Gasteiger charge is -2.37. The monoisotopic (exact) mass is 250 g/mol. The van der Waals surface area contributed by atoms with Crippen LogP contribution in [0.25, 0.3) is 0 Å². The van der Waals surface area contributed by atoms with Crippen molar-refractivity contribution in [3.8, 4) is 5.75 Å². The molecule has 2 heteroatoms. The fourth-order valence-electron chi connectivity index (χ4n) is 3.27. The third-order valence-electron chi connectivity index (χ3n) is 4.17. The Hall–Kier alpha value is -2.09. The van der Waals surface area contributed by atoms with Crippen LogP contribution in [0, 0.1) is 0 Å². The first-order chi connectivity index (χ1) is 9.34. The van der Waals surface area contributed by atoms with Crippen molar-refractivity contribution in [1.82, 2.24) is 0 Å². The van der Waals surface area contributed by atoms with Gasteiger partial charge >= 0.3 is 0 Å². The Bertz CT molecular complexity index is 660. The van der Waals surface area contributed by atoms with Crippen LogP contribution in [0.1, 0.15) is 33.8 Å². The summed E-state index contributed by atoms with van der Waals surface area (Å²) in [7, 11) is 0. The van der Waals surface area contributed by atoms with Crippen LogP contribution in [0.3, 0.4) is 0 Å². The standard InChI is InChI=1S/C17H14O2/c18-17-13-7-3-4-8-14(13)19-15-10-9-11-5-1-2-6-12(11)16(15)17/h1-8,15-16H,9-10H2/t15-,16-/m0/s1. The molecule has 0 bridgehead atoms. The molecule has 94 valence electrons. The van der Waals surface area contributed by atoms with Gasteiger partial charge in [0, 0.05) is 0 Å². The molecule has 0 fully saturated rings. The minimum Gasteiger partial charge on any atom is -0.489 e. The smallest absolute Gasteiger partial charge is 0.177 e. The maximum atomic E-state index is 12.7. The minimum absolute atomic E-state index is 0.00250. The highest BCUT2D eigenvalue weighted by Gasteiger charge is 2.41. The first-order valence-electron chi connectivity index (χ1n) is 6.72. The molecule has 0 saturated heterocycles. The number of hydrogen-bond donors (Lipinski definition) is 0. The first kappa shape index (κ1) is 10.8. The Morgan fingerprint density at radius 2 is 1.79 bits per heavy atom. The molecule has 0 radical (unpaired) electrons. The van der Waals surface area contributed by atoms with Crippen molar-refractivity contribution < 1.29 is 9.53 Å². The summed E-state index contributed by atoms with van der Waals surface area (Å²) >= 11 is 0. The van der Waals surface area contributed by atoms with Gasteiger partial charge in [-0.15, -0.1) is 0 Å². The van der Waals surface area contributed by atoms with Crippen molar-refractivity contribution in [3.05, 3.63) is 65.2 Å². The number of benzene rings is 2. The predicted molar refractivity (Wildman–Crippen MR) is 72.7 cm³/mol. The summed E-state index contributed by atoms with van der Waals surface area (Å²) in [6.45, 7) is 0. The Labute approximate surface area is 112 Å². The third kappa shape index (κ3) is 1.53. The van der Waals surface area contributed by atoms with Gasteiger partial charge in [0.15, 0.2) is 5.78 Å². The van der Waals surface area contributed by atoms with Crippen LogP contribution in [0.5, 0.6) is 5.75 Å². The van der Waals surface area contributed by atoms with Crippen LogP contribution in [0.2, 0.25) is 0 Å². The molecule has 2 aliphatic rings. The van der Waals surface area contributed by atoms with Gasteiger partial charge in [-0.1, -0.05) is 36.4 Å². The van der Waals surface area contributed by atoms with Crippen molar-refractivity contribution in [3.63, 3.8) is 0 Å². The lowest BCUT2D eigenvalue weighted by atomic mass is 9.75. The zero-order valence-electron chi connectivity index (χ0n) is 10.5. The van der Waals surface area contributed by atoms with E-state index in [0.717, 1.165) is 29.7 Å². The van der Waals surface area contributed by atoms with E-state index in [1.54, 1.807) is 0 Å². The van der Waals surface area contributed by atoms with Crippen molar-refractivity contribution in [2.75, 3.05) is 0 Å². The van der Waals surface area contributed by atoms with Crippen LogP contribution >= 0.6 is 0 Å². The normalized spacial score (nSPS) is 23.9. The minimum atomic E-state index is -0.125. The lowest BCUT2D eigenvalue weighted by molar-refractivity contribution is 0.0748. The lowest BCUT2D eigenvalue weighted by Crippen LogP contribution is -2.39. The molecule has 0 unspecified atom stereocenters. The number of carbonyl (C=O) groups is 1. The van der Waals surface area contributed by atoms with Crippen LogP contribution in [0.15, 0.2) is 48.5 Å². The van der Waals surface area contributed by atoms with Gasteiger partial charge < -0.3 is 4.74 Å². The first-order valence-corrected chi connectivity index (χ1v) is 6.72. The van der Waals surface area contributed by atoms with Gasteiger partial charge in [0.2, 0.25) is 0 Å². The van der Waals surface area contributed by atoms with Gasteiger partial charge in [0.1, 0.15) is 11.9 Å². The fraction of sp³-hybridized carbons (Fsp3) is 0.235. The van der Waals surface area contributed by atoms with Gasteiger partial charge in [0.05, 0.1) is 11.5 Å². The predicted octanol–water partition coefficient (Wildman–Crippen LogP) is 3.36. The molecule has 2 atom stereocenters. The second-order valence-electron chi connectivity index (χ2n) is 5.23. The molecule has 1 aliphatic heterocycles. The second-order valence-corrected chi connectivity index (χ2v) is 5.23. The molecule has 0 saturated carbocycles. The molecule has 0 aromatic heterocycles. The molecule has 4 rings (SSSR count). The number of ether oxygens (including phenoxy) is 1. The average Bonchev–Trinajstić information content (AvgIpc) is 2.47. The summed E-state index contributed by atoms with van der Waals surface area (Å²) in [6.07, 6.45) is 1.91. The molecule has 0 amide bonds. The van der Waals surface area contributed by atoms with E-state index in [4.69, 9.17) is 4.74 Å². The summed E-state index contributed by atoms with van der Waals surface area (Å²) in [4.78, 5) is 12.7. The number of hydrogen-bond acceptors (Lipinski definition) is 2. The number of para-hydroxylation sites is 1. The summed E-state index contributed by atoms with van der Waals surface area (Å²) in [5.41, 5.74) is 3.17. The number of carbonyl (C=O) groups excluding carboxylic acids is 1. The zero-order chi connectivity index (χ0) is 12.8.